The van der Waals surface area contributed by atoms with Gasteiger partial charge in [-0.05, 0) is 38.3 Å². The minimum Gasteiger partial charge on any atom is -0.0928 e. The summed E-state index contributed by atoms with van der Waals surface area (Å²) in [5, 5.41) is 2.22. The minimum absolute atomic E-state index is 0.792. The van der Waals surface area contributed by atoms with E-state index < -0.39 is 0 Å². The molecule has 0 radical (unpaired) electrons. The summed E-state index contributed by atoms with van der Waals surface area (Å²) in [6.45, 7) is 3.39. The quantitative estimate of drug-likeness (QED) is 0.616. The Hall–Kier alpha value is 1.66. The van der Waals surface area contributed by atoms with E-state index in [9.17, 15) is 0 Å². The van der Waals surface area contributed by atoms with E-state index >= 15 is 0 Å². The zero-order valence-corrected chi connectivity index (χ0v) is 11.2. The third-order valence-corrected chi connectivity index (χ3v) is 1.39. The van der Waals surface area contributed by atoms with Crippen LogP contribution in [-0.4, -0.2) is 10.7 Å². The first-order valence-corrected chi connectivity index (χ1v) is 6.09. The molecular weight excluding hydrogens is 380 g/mol. The SMILES string of the molecule is BrCCCBr.C=C(Br)Br. The number of hydrogen-bond acceptors (Lipinski definition) is 0. The Morgan fingerprint density at radius 3 is 1.33 bits per heavy atom. The lowest BCUT2D eigenvalue weighted by molar-refractivity contribution is 1.15. The van der Waals surface area contributed by atoms with E-state index in [0.29, 0.717) is 0 Å². The van der Waals surface area contributed by atoms with Gasteiger partial charge in [0.25, 0.3) is 0 Å². The molecule has 0 aromatic carbocycles. The summed E-state index contributed by atoms with van der Waals surface area (Å²) in [5.41, 5.74) is 0. The molecule has 0 bridgehead atoms. The van der Waals surface area contributed by atoms with Crippen molar-refractivity contribution in [2.45, 2.75) is 6.42 Å². The number of hydrogen-bond donors (Lipinski definition) is 0. The molecule has 0 spiro atoms. The van der Waals surface area contributed by atoms with Crippen LogP contribution >= 0.6 is 63.7 Å². The van der Waals surface area contributed by atoms with E-state index in [4.69, 9.17) is 0 Å². The molecule has 4 heteroatoms. The first kappa shape index (κ1) is 13.3. The van der Waals surface area contributed by atoms with E-state index in [1.807, 2.05) is 0 Å². The summed E-state index contributed by atoms with van der Waals surface area (Å²) in [5.74, 6) is 0. The largest absolute Gasteiger partial charge is 0.0928 e. The molecule has 0 atom stereocenters. The molecule has 0 aliphatic rings. The van der Waals surface area contributed by atoms with Crippen LogP contribution in [0.5, 0.6) is 0 Å². The third-order valence-electron chi connectivity index (χ3n) is 0.267. The van der Waals surface area contributed by atoms with Gasteiger partial charge in [0.1, 0.15) is 0 Å². The Labute approximate surface area is 90.0 Å². The summed E-state index contributed by atoms with van der Waals surface area (Å²) >= 11 is 12.5. The lowest BCUT2D eigenvalue weighted by Crippen LogP contribution is -1.69. The van der Waals surface area contributed by atoms with Crippen molar-refractivity contribution in [2.75, 3.05) is 10.7 Å². The van der Waals surface area contributed by atoms with E-state index in [2.05, 4.69) is 70.3 Å². The van der Waals surface area contributed by atoms with Crippen molar-refractivity contribution in [3.05, 3.63) is 9.97 Å². The van der Waals surface area contributed by atoms with Gasteiger partial charge in [0.15, 0.2) is 0 Å². The number of rotatable bonds is 2. The van der Waals surface area contributed by atoms with Crippen molar-refractivity contribution in [3.63, 3.8) is 0 Å². The van der Waals surface area contributed by atoms with Crippen LogP contribution < -0.4 is 0 Å². The molecule has 0 nitrogen and oxygen atoms in total. The third kappa shape index (κ3) is 42.3. The average Bonchev–Trinajstić information content (AvgIpc) is 1.66. The molecule has 0 aromatic rings. The standard InChI is InChI=1S/C3H6Br2.C2H2Br2/c4-2-1-3-5;1-2(3)4/h1-3H2;1H2. The fourth-order valence-corrected chi connectivity index (χ4v) is 1.36. The van der Waals surface area contributed by atoms with Gasteiger partial charge in [0.05, 0.1) is 3.39 Å². The summed E-state index contributed by atoms with van der Waals surface area (Å²) in [6, 6.07) is 0. The predicted octanol–water partition coefficient (Wildman–Crippen LogP) is 4.41. The molecule has 56 valence electrons. The maximum absolute atomic E-state index is 3.39. The van der Waals surface area contributed by atoms with Gasteiger partial charge < -0.3 is 0 Å². The van der Waals surface area contributed by atoms with Crippen molar-refractivity contribution < 1.29 is 0 Å². The fraction of sp³-hybridized carbons (Fsp3) is 0.600. The lowest BCUT2D eigenvalue weighted by atomic mass is 10.6. The van der Waals surface area contributed by atoms with Crippen LogP contribution in [0.1, 0.15) is 6.42 Å². The molecule has 0 heterocycles. The number of alkyl halides is 2. The molecule has 9 heavy (non-hydrogen) atoms. The molecule has 0 saturated carbocycles. The van der Waals surface area contributed by atoms with Gasteiger partial charge in [-0.2, -0.15) is 0 Å². The summed E-state index contributed by atoms with van der Waals surface area (Å²) < 4.78 is 0.792. The van der Waals surface area contributed by atoms with Crippen LogP contribution in [0.2, 0.25) is 0 Å². The Kier molecular flexibility index (Phi) is 18.2. The fourth-order valence-electron chi connectivity index (χ4n) is 0.0505. The molecule has 0 saturated heterocycles. The maximum atomic E-state index is 3.39. The summed E-state index contributed by atoms with van der Waals surface area (Å²) in [7, 11) is 0. The molecule has 0 rings (SSSR count). The van der Waals surface area contributed by atoms with Crippen LogP contribution in [0.15, 0.2) is 9.97 Å². The van der Waals surface area contributed by atoms with E-state index in [1.54, 1.807) is 0 Å². The van der Waals surface area contributed by atoms with Crippen molar-refractivity contribution in [1.29, 1.82) is 0 Å². The maximum Gasteiger partial charge on any atom is 0.0532 e. The van der Waals surface area contributed by atoms with Crippen LogP contribution in [0.3, 0.4) is 0 Å². The minimum atomic E-state index is 0.792. The zero-order chi connectivity index (χ0) is 7.70. The zero-order valence-electron chi connectivity index (χ0n) is 4.84. The van der Waals surface area contributed by atoms with Gasteiger partial charge in [0, 0.05) is 10.7 Å². The second-order valence-corrected chi connectivity index (χ2v) is 5.63. The Morgan fingerprint density at radius 1 is 1.11 bits per heavy atom. The van der Waals surface area contributed by atoms with E-state index in [1.165, 1.54) is 6.42 Å². The second kappa shape index (κ2) is 12.3. The molecule has 0 aliphatic carbocycles. The Balaban J connectivity index is 0. The van der Waals surface area contributed by atoms with Crippen molar-refractivity contribution in [2.24, 2.45) is 0 Å². The number of halogens is 4. The summed E-state index contributed by atoms with van der Waals surface area (Å²) in [4.78, 5) is 0. The Morgan fingerprint density at radius 2 is 1.33 bits per heavy atom. The van der Waals surface area contributed by atoms with Crippen molar-refractivity contribution >= 4 is 63.7 Å². The van der Waals surface area contributed by atoms with E-state index in [0.717, 1.165) is 14.1 Å². The molecule has 0 N–H and O–H groups in total. The lowest BCUT2D eigenvalue weighted by Gasteiger charge is -1.76. The van der Waals surface area contributed by atoms with Crippen LogP contribution in [0, 0.1) is 0 Å². The normalized spacial score (nSPS) is 7.56. The molecule has 0 unspecified atom stereocenters. The van der Waals surface area contributed by atoms with Gasteiger partial charge >= 0.3 is 0 Å². The molecular formula is C5H8Br4. The van der Waals surface area contributed by atoms with Gasteiger partial charge in [0.2, 0.25) is 0 Å². The van der Waals surface area contributed by atoms with Crippen LogP contribution in [0.4, 0.5) is 0 Å². The highest BCUT2D eigenvalue weighted by Gasteiger charge is 1.71. The topological polar surface area (TPSA) is 0 Å². The Bertz CT molecular complexity index is 56.0. The molecule has 0 fully saturated rings. The van der Waals surface area contributed by atoms with Gasteiger partial charge in [-0.1, -0.05) is 38.4 Å². The van der Waals surface area contributed by atoms with E-state index in [-0.39, 0.29) is 0 Å². The molecule has 0 aliphatic heterocycles. The smallest absolute Gasteiger partial charge is 0.0532 e. The average molecular weight is 388 g/mol. The monoisotopic (exact) mass is 384 g/mol. The summed E-state index contributed by atoms with van der Waals surface area (Å²) in [6.07, 6.45) is 1.22. The first-order valence-electron chi connectivity index (χ1n) is 2.27. The second-order valence-electron chi connectivity index (χ2n) is 1.07. The highest BCUT2D eigenvalue weighted by molar-refractivity contribution is 9.28. The molecule has 0 amide bonds. The van der Waals surface area contributed by atoms with Gasteiger partial charge in [-0.25, -0.2) is 0 Å². The van der Waals surface area contributed by atoms with Crippen LogP contribution in [-0.2, 0) is 0 Å². The van der Waals surface area contributed by atoms with Crippen LogP contribution in [0.25, 0.3) is 0 Å². The van der Waals surface area contributed by atoms with Crippen molar-refractivity contribution in [3.8, 4) is 0 Å². The molecule has 0 aromatic heterocycles. The predicted molar refractivity (Wildman–Crippen MR) is 59.2 cm³/mol. The first-order chi connectivity index (χ1) is 4.15. The van der Waals surface area contributed by atoms with Crippen molar-refractivity contribution in [1.82, 2.24) is 0 Å². The van der Waals surface area contributed by atoms with Gasteiger partial charge in [-0.3, -0.25) is 0 Å². The highest BCUT2D eigenvalue weighted by Crippen LogP contribution is 2.06. The van der Waals surface area contributed by atoms with Gasteiger partial charge in [-0.15, -0.1) is 0 Å². The highest BCUT2D eigenvalue weighted by atomic mass is 79.9.